The van der Waals surface area contributed by atoms with E-state index in [4.69, 9.17) is 4.74 Å². The summed E-state index contributed by atoms with van der Waals surface area (Å²) in [7, 11) is 0. The van der Waals surface area contributed by atoms with Gasteiger partial charge in [0.25, 0.3) is 0 Å². The van der Waals surface area contributed by atoms with Crippen LogP contribution in [0.1, 0.15) is 51.1 Å². The zero-order valence-electron chi connectivity index (χ0n) is 13.5. The number of aromatic nitrogens is 2. The number of nitrogens with one attached hydrogen (secondary N) is 1. The van der Waals surface area contributed by atoms with E-state index in [0.29, 0.717) is 13.0 Å². The van der Waals surface area contributed by atoms with Gasteiger partial charge in [0, 0.05) is 25.7 Å². The Hall–Kier alpha value is -1.36. The predicted octanol–water partition coefficient (Wildman–Crippen LogP) is 2.30. The van der Waals surface area contributed by atoms with Crippen molar-refractivity contribution in [2.24, 2.45) is 5.92 Å². The molecule has 3 rings (SSSR count). The lowest BCUT2D eigenvalue weighted by Crippen LogP contribution is -2.49. The van der Waals surface area contributed by atoms with Gasteiger partial charge in [-0.05, 0) is 19.3 Å². The SMILES string of the molecule is C[C@H]1CNC(=O)[C@@H](Cc2cn(CCC3CCCCC3)cn2)O1. The fourth-order valence-corrected chi connectivity index (χ4v) is 3.52. The highest BCUT2D eigenvalue weighted by Crippen LogP contribution is 2.26. The number of hydrogen-bond donors (Lipinski definition) is 1. The number of morpholine rings is 1. The summed E-state index contributed by atoms with van der Waals surface area (Å²) in [6, 6.07) is 0. The Bertz CT molecular complexity index is 494. The average Bonchev–Trinajstić information content (AvgIpc) is 2.98. The van der Waals surface area contributed by atoms with Gasteiger partial charge in [0.05, 0.1) is 18.1 Å². The molecule has 2 heterocycles. The van der Waals surface area contributed by atoms with Crippen molar-refractivity contribution >= 4 is 5.91 Å². The third-order valence-electron chi connectivity index (χ3n) is 4.85. The largest absolute Gasteiger partial charge is 0.363 e. The molecule has 1 aromatic rings. The third kappa shape index (κ3) is 4.09. The molecular weight excluding hydrogens is 278 g/mol. The molecule has 22 heavy (non-hydrogen) atoms. The van der Waals surface area contributed by atoms with Gasteiger partial charge >= 0.3 is 0 Å². The first-order chi connectivity index (χ1) is 10.7. The van der Waals surface area contributed by atoms with E-state index in [0.717, 1.165) is 18.2 Å². The first-order valence-corrected chi connectivity index (χ1v) is 8.64. The van der Waals surface area contributed by atoms with Crippen molar-refractivity contribution in [2.45, 2.75) is 70.6 Å². The van der Waals surface area contributed by atoms with Crippen molar-refractivity contribution < 1.29 is 9.53 Å². The standard InChI is InChI=1S/C17H27N3O2/c1-13-10-18-17(21)16(22-13)9-15-11-20(12-19-15)8-7-14-5-3-2-4-6-14/h11-14,16H,2-10H2,1H3,(H,18,21)/t13-,16+/m0/s1. The molecule has 2 fully saturated rings. The summed E-state index contributed by atoms with van der Waals surface area (Å²) in [5, 5.41) is 2.88. The number of carbonyl (C=O) groups is 1. The monoisotopic (exact) mass is 305 g/mol. The molecule has 1 aliphatic carbocycles. The summed E-state index contributed by atoms with van der Waals surface area (Å²) in [5.41, 5.74) is 0.942. The lowest BCUT2D eigenvalue weighted by atomic mass is 9.87. The Balaban J connectivity index is 1.49. The van der Waals surface area contributed by atoms with Crippen molar-refractivity contribution in [1.82, 2.24) is 14.9 Å². The molecule has 1 N–H and O–H groups in total. The minimum Gasteiger partial charge on any atom is -0.363 e. The maximum absolute atomic E-state index is 11.8. The molecule has 0 aromatic carbocycles. The lowest BCUT2D eigenvalue weighted by Gasteiger charge is -2.27. The zero-order chi connectivity index (χ0) is 15.4. The van der Waals surface area contributed by atoms with Gasteiger partial charge in [0.1, 0.15) is 6.10 Å². The Morgan fingerprint density at radius 1 is 1.36 bits per heavy atom. The fraction of sp³-hybridized carbons (Fsp3) is 0.765. The van der Waals surface area contributed by atoms with Gasteiger partial charge in [-0.3, -0.25) is 4.79 Å². The van der Waals surface area contributed by atoms with Crippen LogP contribution in [0.2, 0.25) is 0 Å². The van der Waals surface area contributed by atoms with Gasteiger partial charge in [-0.15, -0.1) is 0 Å². The average molecular weight is 305 g/mol. The highest BCUT2D eigenvalue weighted by atomic mass is 16.5. The van der Waals surface area contributed by atoms with E-state index in [1.54, 1.807) is 0 Å². The second-order valence-electron chi connectivity index (χ2n) is 6.78. The molecule has 1 aromatic heterocycles. The number of carbonyl (C=O) groups excluding carboxylic acids is 1. The second kappa shape index (κ2) is 7.27. The highest BCUT2D eigenvalue weighted by molar-refractivity contribution is 5.81. The number of aryl methyl sites for hydroxylation is 1. The molecular formula is C17H27N3O2. The minimum atomic E-state index is -0.398. The van der Waals surface area contributed by atoms with Crippen molar-refractivity contribution in [1.29, 1.82) is 0 Å². The molecule has 0 bridgehead atoms. The van der Waals surface area contributed by atoms with Crippen LogP contribution in [0.3, 0.4) is 0 Å². The molecule has 1 saturated carbocycles. The molecule has 1 aliphatic heterocycles. The first kappa shape index (κ1) is 15.5. The van der Waals surface area contributed by atoms with Crippen LogP contribution in [0.25, 0.3) is 0 Å². The van der Waals surface area contributed by atoms with E-state index in [1.165, 1.54) is 38.5 Å². The van der Waals surface area contributed by atoms with Crippen LogP contribution in [0.15, 0.2) is 12.5 Å². The van der Waals surface area contributed by atoms with Gasteiger partial charge < -0.3 is 14.6 Å². The number of ether oxygens (including phenoxy) is 1. The van der Waals surface area contributed by atoms with Crippen molar-refractivity contribution in [3.05, 3.63) is 18.2 Å². The van der Waals surface area contributed by atoms with E-state index < -0.39 is 6.10 Å². The number of hydrogen-bond acceptors (Lipinski definition) is 3. The van der Waals surface area contributed by atoms with Crippen LogP contribution in [0, 0.1) is 5.92 Å². The molecule has 5 nitrogen and oxygen atoms in total. The van der Waals surface area contributed by atoms with Gasteiger partial charge in [0.15, 0.2) is 0 Å². The van der Waals surface area contributed by atoms with Gasteiger partial charge in [-0.1, -0.05) is 32.1 Å². The summed E-state index contributed by atoms with van der Waals surface area (Å²) in [6.07, 6.45) is 12.4. The Kier molecular flexibility index (Phi) is 5.13. The van der Waals surface area contributed by atoms with Crippen molar-refractivity contribution in [3.63, 3.8) is 0 Å². The zero-order valence-corrected chi connectivity index (χ0v) is 13.5. The van der Waals surface area contributed by atoms with Crippen molar-refractivity contribution in [2.75, 3.05) is 6.54 Å². The summed E-state index contributed by atoms with van der Waals surface area (Å²) in [6.45, 7) is 3.62. The van der Waals surface area contributed by atoms with Gasteiger partial charge in [-0.2, -0.15) is 0 Å². The maximum atomic E-state index is 11.8. The molecule has 2 aliphatic rings. The number of rotatable bonds is 5. The summed E-state index contributed by atoms with van der Waals surface area (Å²) in [5.74, 6) is 0.864. The van der Waals surface area contributed by atoms with E-state index in [1.807, 2.05) is 13.3 Å². The molecule has 2 atom stereocenters. The van der Waals surface area contributed by atoms with E-state index in [2.05, 4.69) is 21.1 Å². The topological polar surface area (TPSA) is 56.2 Å². The van der Waals surface area contributed by atoms with E-state index in [-0.39, 0.29) is 12.0 Å². The molecule has 0 spiro atoms. The second-order valence-corrected chi connectivity index (χ2v) is 6.78. The molecule has 1 amide bonds. The van der Waals surface area contributed by atoms with Crippen LogP contribution < -0.4 is 5.32 Å². The van der Waals surface area contributed by atoms with Gasteiger partial charge in [0.2, 0.25) is 5.91 Å². The quantitative estimate of drug-likeness (QED) is 0.908. The number of amides is 1. The summed E-state index contributed by atoms with van der Waals surface area (Å²) < 4.78 is 7.87. The summed E-state index contributed by atoms with van der Waals surface area (Å²) in [4.78, 5) is 16.2. The molecule has 1 saturated heterocycles. The molecule has 0 unspecified atom stereocenters. The molecule has 5 heteroatoms. The Morgan fingerprint density at radius 2 is 2.18 bits per heavy atom. The number of nitrogens with zero attached hydrogens (tertiary/aromatic N) is 2. The fourth-order valence-electron chi connectivity index (χ4n) is 3.52. The van der Waals surface area contributed by atoms with Crippen LogP contribution >= 0.6 is 0 Å². The highest BCUT2D eigenvalue weighted by Gasteiger charge is 2.27. The Morgan fingerprint density at radius 3 is 3.00 bits per heavy atom. The lowest BCUT2D eigenvalue weighted by molar-refractivity contribution is -0.143. The van der Waals surface area contributed by atoms with E-state index >= 15 is 0 Å². The minimum absolute atomic E-state index is 0.0187. The van der Waals surface area contributed by atoms with Crippen LogP contribution in [0.5, 0.6) is 0 Å². The summed E-state index contributed by atoms with van der Waals surface area (Å²) >= 11 is 0. The van der Waals surface area contributed by atoms with Crippen LogP contribution in [-0.2, 0) is 22.5 Å². The van der Waals surface area contributed by atoms with Gasteiger partial charge in [-0.25, -0.2) is 4.98 Å². The van der Waals surface area contributed by atoms with Crippen LogP contribution in [-0.4, -0.2) is 34.2 Å². The normalized spacial score (nSPS) is 26.9. The maximum Gasteiger partial charge on any atom is 0.249 e. The van der Waals surface area contributed by atoms with Crippen LogP contribution in [0.4, 0.5) is 0 Å². The molecule has 122 valence electrons. The smallest absolute Gasteiger partial charge is 0.249 e. The Labute approximate surface area is 132 Å². The third-order valence-corrected chi connectivity index (χ3v) is 4.85. The first-order valence-electron chi connectivity index (χ1n) is 8.64. The predicted molar refractivity (Wildman–Crippen MR) is 84.5 cm³/mol. The van der Waals surface area contributed by atoms with E-state index in [9.17, 15) is 4.79 Å². The molecule has 0 radical (unpaired) electrons. The van der Waals surface area contributed by atoms with Crippen molar-refractivity contribution in [3.8, 4) is 0 Å². The number of imidazole rings is 1.